The van der Waals surface area contributed by atoms with Crippen molar-refractivity contribution in [2.75, 3.05) is 20.0 Å². The third kappa shape index (κ3) is 7.56. The van der Waals surface area contributed by atoms with Crippen molar-refractivity contribution >= 4 is 11.8 Å². The molecule has 6 nitrogen and oxygen atoms in total. The number of hydrogen-bond donors (Lipinski definition) is 0. The molecule has 3 rings (SSSR count). The fourth-order valence-corrected chi connectivity index (χ4v) is 3.84. The Hall–Kier alpha value is -3.45. The molecule has 0 spiro atoms. The van der Waals surface area contributed by atoms with Gasteiger partial charge in [0.05, 0.1) is 14.2 Å². The number of hydrogen-bond acceptors (Lipinski definition) is 7. The van der Waals surface area contributed by atoms with E-state index in [1.54, 1.807) is 26.0 Å². The zero-order chi connectivity index (χ0) is 24.2. The normalized spacial score (nSPS) is 11.5. The van der Waals surface area contributed by atoms with E-state index in [1.807, 2.05) is 74.5 Å². The van der Waals surface area contributed by atoms with Gasteiger partial charge in [-0.05, 0) is 54.8 Å². The van der Waals surface area contributed by atoms with Crippen molar-refractivity contribution in [1.82, 2.24) is 10.2 Å². The molecule has 0 bridgehead atoms. The second kappa shape index (κ2) is 13.3. The zero-order valence-corrected chi connectivity index (χ0v) is 20.8. The highest BCUT2D eigenvalue weighted by atomic mass is 32.2. The van der Waals surface area contributed by atoms with Gasteiger partial charge in [-0.25, -0.2) is 0 Å². The Morgan fingerprint density at radius 2 is 1.41 bits per heavy atom. The van der Waals surface area contributed by atoms with E-state index in [9.17, 15) is 0 Å². The second-order valence-electron chi connectivity index (χ2n) is 7.28. The maximum atomic E-state index is 6.11. The van der Waals surface area contributed by atoms with Crippen LogP contribution in [-0.2, 0) is 13.2 Å². The van der Waals surface area contributed by atoms with Gasteiger partial charge in [-0.1, -0.05) is 54.3 Å². The van der Waals surface area contributed by atoms with Crippen molar-refractivity contribution in [3.8, 4) is 23.1 Å². The minimum atomic E-state index is 0.341. The minimum Gasteiger partial charge on any atom is -0.497 e. The minimum absolute atomic E-state index is 0.341. The summed E-state index contributed by atoms with van der Waals surface area (Å²) in [6, 6.07) is 17.3. The van der Waals surface area contributed by atoms with E-state index in [2.05, 4.69) is 22.3 Å². The Labute approximate surface area is 205 Å². The third-order valence-electron chi connectivity index (χ3n) is 4.93. The van der Waals surface area contributed by atoms with E-state index in [-0.39, 0.29) is 0 Å². The molecule has 34 heavy (non-hydrogen) atoms. The lowest BCUT2D eigenvalue weighted by molar-refractivity contribution is 0.242. The van der Waals surface area contributed by atoms with Gasteiger partial charge in [0.1, 0.15) is 29.7 Å². The van der Waals surface area contributed by atoms with Crippen molar-refractivity contribution in [3.05, 3.63) is 89.5 Å². The van der Waals surface area contributed by atoms with Gasteiger partial charge in [0, 0.05) is 11.8 Å². The van der Waals surface area contributed by atoms with E-state index in [0.717, 1.165) is 33.4 Å². The van der Waals surface area contributed by atoms with Gasteiger partial charge >= 0.3 is 0 Å². The fraction of sp³-hybridized carbons (Fsp3) is 0.259. The van der Waals surface area contributed by atoms with Crippen LogP contribution in [0.4, 0.5) is 0 Å². The quantitative estimate of drug-likeness (QED) is 0.225. The monoisotopic (exact) mass is 478 g/mol. The van der Waals surface area contributed by atoms with Crippen LogP contribution >= 0.6 is 11.8 Å². The molecule has 0 amide bonds. The standard InChI is InChI=1S/C27H30N2O4S/c1-5-7-20(6-2)19-34-26-16-25(32-17-21-8-12-23(30-3)13-9-21)27(29-28-26)33-18-22-10-14-24(31-4)15-11-22/h5-16H,17-19H2,1-4H3. The number of rotatable bonds is 12. The van der Waals surface area contributed by atoms with E-state index in [1.165, 1.54) is 5.57 Å². The summed E-state index contributed by atoms with van der Waals surface area (Å²) >= 11 is 1.60. The molecule has 1 heterocycles. The van der Waals surface area contributed by atoms with E-state index in [4.69, 9.17) is 18.9 Å². The van der Waals surface area contributed by atoms with Gasteiger partial charge in [0.25, 0.3) is 5.88 Å². The maximum Gasteiger partial charge on any atom is 0.276 e. The largest absolute Gasteiger partial charge is 0.497 e. The molecule has 0 aliphatic carbocycles. The first kappa shape index (κ1) is 25.2. The van der Waals surface area contributed by atoms with Crippen LogP contribution in [0.5, 0.6) is 23.1 Å². The Morgan fingerprint density at radius 3 is 1.94 bits per heavy atom. The van der Waals surface area contributed by atoms with Gasteiger partial charge < -0.3 is 18.9 Å². The molecule has 0 aliphatic rings. The Morgan fingerprint density at radius 1 is 0.824 bits per heavy atom. The first-order valence-corrected chi connectivity index (χ1v) is 11.9. The molecule has 0 unspecified atom stereocenters. The average Bonchev–Trinajstić information content (AvgIpc) is 2.89. The van der Waals surface area contributed by atoms with E-state index < -0.39 is 0 Å². The molecule has 1 aromatic heterocycles. The van der Waals surface area contributed by atoms with Gasteiger partial charge in [-0.3, -0.25) is 0 Å². The molecular formula is C27H30N2O4S. The van der Waals surface area contributed by atoms with Gasteiger partial charge in [-0.15, -0.1) is 10.2 Å². The molecule has 178 valence electrons. The van der Waals surface area contributed by atoms with Crippen molar-refractivity contribution in [3.63, 3.8) is 0 Å². The van der Waals surface area contributed by atoms with Crippen LogP contribution in [-0.4, -0.2) is 30.2 Å². The first-order chi connectivity index (χ1) is 16.6. The summed E-state index contributed by atoms with van der Waals surface area (Å²) in [5.41, 5.74) is 3.22. The van der Waals surface area contributed by atoms with Gasteiger partial charge in [0.15, 0.2) is 5.75 Å². The van der Waals surface area contributed by atoms with Crippen molar-refractivity contribution in [1.29, 1.82) is 0 Å². The molecule has 0 saturated heterocycles. The molecule has 0 N–H and O–H groups in total. The third-order valence-corrected chi connectivity index (χ3v) is 5.90. The lowest BCUT2D eigenvalue weighted by atomic mass is 10.2. The van der Waals surface area contributed by atoms with Crippen LogP contribution in [0.2, 0.25) is 0 Å². The van der Waals surface area contributed by atoms with Gasteiger partial charge in [0.2, 0.25) is 0 Å². The predicted molar refractivity (Wildman–Crippen MR) is 136 cm³/mol. The zero-order valence-electron chi connectivity index (χ0n) is 20.0. The Balaban J connectivity index is 1.74. The molecule has 2 aromatic carbocycles. The smallest absolute Gasteiger partial charge is 0.276 e. The Bertz CT molecular complexity index is 1100. The average molecular weight is 479 g/mol. The highest BCUT2D eigenvalue weighted by molar-refractivity contribution is 7.99. The second-order valence-corrected chi connectivity index (χ2v) is 8.27. The van der Waals surface area contributed by atoms with E-state index in [0.29, 0.717) is 24.8 Å². The summed E-state index contributed by atoms with van der Waals surface area (Å²) in [5.74, 6) is 3.30. The Kier molecular flexibility index (Phi) is 9.85. The van der Waals surface area contributed by atoms with Crippen molar-refractivity contribution in [2.45, 2.75) is 32.1 Å². The molecule has 0 saturated carbocycles. The number of aromatic nitrogens is 2. The van der Waals surface area contributed by atoms with Crippen molar-refractivity contribution in [2.24, 2.45) is 0 Å². The van der Waals surface area contributed by atoms with Crippen LogP contribution in [0.3, 0.4) is 0 Å². The topological polar surface area (TPSA) is 62.7 Å². The number of ether oxygens (including phenoxy) is 4. The predicted octanol–water partition coefficient (Wildman–Crippen LogP) is 6.27. The number of thioether (sulfide) groups is 1. The number of methoxy groups -OCH3 is 2. The SMILES string of the molecule is CC=CC(=CC)CSc1cc(OCc2ccc(OC)cc2)c(OCc2ccc(OC)cc2)nn1. The number of benzene rings is 2. The summed E-state index contributed by atoms with van der Waals surface area (Å²) in [6.45, 7) is 4.75. The molecule has 7 heteroatoms. The van der Waals surface area contributed by atoms with E-state index >= 15 is 0 Å². The van der Waals surface area contributed by atoms with Gasteiger partial charge in [-0.2, -0.15) is 0 Å². The molecular weight excluding hydrogens is 448 g/mol. The van der Waals surface area contributed by atoms with Crippen LogP contribution in [0.15, 0.2) is 83.4 Å². The molecule has 0 atom stereocenters. The molecule has 0 fully saturated rings. The molecule has 0 aliphatic heterocycles. The number of allylic oxidation sites excluding steroid dienone is 3. The molecule has 3 aromatic rings. The summed E-state index contributed by atoms with van der Waals surface area (Å²) in [5, 5.41) is 9.43. The number of nitrogens with zero attached hydrogens (tertiary/aromatic N) is 2. The van der Waals surface area contributed by atoms with Crippen LogP contribution in [0.1, 0.15) is 25.0 Å². The van der Waals surface area contributed by atoms with Crippen LogP contribution in [0, 0.1) is 0 Å². The fourth-order valence-electron chi connectivity index (χ4n) is 2.98. The highest BCUT2D eigenvalue weighted by Gasteiger charge is 2.12. The highest BCUT2D eigenvalue weighted by Crippen LogP contribution is 2.30. The van der Waals surface area contributed by atoms with Crippen LogP contribution in [0.25, 0.3) is 0 Å². The summed E-state index contributed by atoms with van der Waals surface area (Å²) in [7, 11) is 3.29. The van der Waals surface area contributed by atoms with Crippen LogP contribution < -0.4 is 18.9 Å². The summed E-state index contributed by atoms with van der Waals surface area (Å²) in [6.07, 6.45) is 6.21. The molecule has 0 radical (unpaired) electrons. The lowest BCUT2D eigenvalue weighted by Gasteiger charge is -2.13. The lowest BCUT2D eigenvalue weighted by Crippen LogP contribution is -2.04. The van der Waals surface area contributed by atoms with Crippen molar-refractivity contribution < 1.29 is 18.9 Å². The summed E-state index contributed by atoms with van der Waals surface area (Å²) < 4.78 is 22.5. The first-order valence-electron chi connectivity index (χ1n) is 10.9. The maximum absolute atomic E-state index is 6.11. The summed E-state index contributed by atoms with van der Waals surface area (Å²) in [4.78, 5) is 0.